The first-order chi connectivity index (χ1) is 13.6. The summed E-state index contributed by atoms with van der Waals surface area (Å²) in [5.41, 5.74) is 1.54. The summed E-state index contributed by atoms with van der Waals surface area (Å²) in [6, 6.07) is 12.2. The highest BCUT2D eigenvalue weighted by Gasteiger charge is 2.32. The van der Waals surface area contributed by atoms with E-state index in [4.69, 9.17) is 9.47 Å². The highest BCUT2D eigenvalue weighted by Crippen LogP contribution is 2.33. The standard InChI is InChI=1S/C20H21N3O5/c24-20(21-15-3-1-4-16(12-15)23(25)26)13-22-8-2-5-17(22)14-6-7-18-19(11-14)28-10-9-27-18/h1,3-4,6-7,11-12,17H,2,5,8-10,13H2,(H,21,24)/p+1/t17-/m0/s1. The van der Waals surface area contributed by atoms with E-state index in [0.29, 0.717) is 25.4 Å². The van der Waals surface area contributed by atoms with Gasteiger partial charge in [0.25, 0.3) is 11.6 Å². The molecule has 1 amide bonds. The Kier molecular flexibility index (Phi) is 5.12. The lowest BCUT2D eigenvalue weighted by atomic mass is 10.0. The van der Waals surface area contributed by atoms with Crippen LogP contribution in [-0.2, 0) is 4.79 Å². The number of nitro benzene ring substituents is 1. The Bertz CT molecular complexity index is 901. The van der Waals surface area contributed by atoms with Crippen LogP contribution in [0.25, 0.3) is 0 Å². The van der Waals surface area contributed by atoms with Crippen LogP contribution in [0.2, 0.25) is 0 Å². The number of nitrogens with zero attached hydrogens (tertiary/aromatic N) is 1. The third-order valence-electron chi connectivity index (χ3n) is 5.18. The Morgan fingerprint density at radius 2 is 2.00 bits per heavy atom. The van der Waals surface area contributed by atoms with Gasteiger partial charge in [0.15, 0.2) is 18.0 Å². The van der Waals surface area contributed by atoms with Crippen molar-refractivity contribution in [3.05, 3.63) is 58.1 Å². The Morgan fingerprint density at radius 1 is 1.18 bits per heavy atom. The number of benzene rings is 2. The molecule has 0 aromatic heterocycles. The molecule has 2 heterocycles. The van der Waals surface area contributed by atoms with E-state index >= 15 is 0 Å². The molecule has 4 rings (SSSR count). The second kappa shape index (κ2) is 7.85. The molecule has 1 unspecified atom stereocenters. The average Bonchev–Trinajstić information content (AvgIpc) is 3.15. The summed E-state index contributed by atoms with van der Waals surface area (Å²) in [7, 11) is 0. The van der Waals surface area contributed by atoms with Gasteiger partial charge in [0.2, 0.25) is 0 Å². The number of amides is 1. The summed E-state index contributed by atoms with van der Waals surface area (Å²) < 4.78 is 11.3. The topological polar surface area (TPSA) is 95.1 Å². The predicted molar refractivity (Wildman–Crippen MR) is 102 cm³/mol. The molecular weight excluding hydrogens is 362 g/mol. The van der Waals surface area contributed by atoms with Crippen molar-refractivity contribution < 1.29 is 24.1 Å². The maximum Gasteiger partial charge on any atom is 0.279 e. The Labute approximate surface area is 162 Å². The number of nitrogens with one attached hydrogen (secondary N) is 2. The molecule has 2 aliphatic rings. The molecule has 0 bridgehead atoms. The quantitative estimate of drug-likeness (QED) is 0.605. The van der Waals surface area contributed by atoms with E-state index in [2.05, 4.69) is 5.32 Å². The molecule has 0 radical (unpaired) electrons. The van der Waals surface area contributed by atoms with Crippen molar-refractivity contribution in [2.24, 2.45) is 0 Å². The average molecular weight is 384 g/mol. The third kappa shape index (κ3) is 3.91. The van der Waals surface area contributed by atoms with Crippen LogP contribution in [0.1, 0.15) is 24.4 Å². The van der Waals surface area contributed by atoms with E-state index in [-0.39, 0.29) is 17.6 Å². The molecule has 8 nitrogen and oxygen atoms in total. The zero-order chi connectivity index (χ0) is 19.5. The number of quaternary nitrogens is 1. The molecule has 2 aliphatic heterocycles. The lowest BCUT2D eigenvalue weighted by molar-refractivity contribution is -0.910. The molecule has 28 heavy (non-hydrogen) atoms. The second-order valence-electron chi connectivity index (χ2n) is 7.04. The SMILES string of the molecule is O=C(C[NH+]1CCC[C@H]1c1ccc2c(c1)OCCO2)Nc1cccc([N+](=O)[O-])c1. The predicted octanol–water partition coefficient (Wildman–Crippen LogP) is 1.72. The van der Waals surface area contributed by atoms with Gasteiger partial charge in [0, 0.05) is 36.2 Å². The van der Waals surface area contributed by atoms with Crippen molar-refractivity contribution >= 4 is 17.3 Å². The summed E-state index contributed by atoms with van der Waals surface area (Å²) in [5.74, 6) is 1.37. The van der Waals surface area contributed by atoms with E-state index < -0.39 is 4.92 Å². The minimum Gasteiger partial charge on any atom is -0.486 e. The third-order valence-corrected chi connectivity index (χ3v) is 5.18. The van der Waals surface area contributed by atoms with E-state index in [0.717, 1.165) is 36.4 Å². The number of hydrogen-bond acceptors (Lipinski definition) is 5. The maximum atomic E-state index is 12.5. The fourth-order valence-electron chi connectivity index (χ4n) is 3.91. The zero-order valence-electron chi connectivity index (χ0n) is 15.3. The van der Waals surface area contributed by atoms with Crippen LogP contribution in [0.15, 0.2) is 42.5 Å². The van der Waals surface area contributed by atoms with Gasteiger partial charge in [-0.15, -0.1) is 0 Å². The molecule has 146 valence electrons. The lowest BCUT2D eigenvalue weighted by Crippen LogP contribution is -3.11. The molecule has 1 saturated heterocycles. The van der Waals surface area contributed by atoms with Gasteiger partial charge in [-0.2, -0.15) is 0 Å². The number of carbonyl (C=O) groups excluding carboxylic acids is 1. The number of non-ortho nitro benzene ring substituents is 1. The van der Waals surface area contributed by atoms with Gasteiger partial charge in [-0.05, 0) is 24.3 Å². The van der Waals surface area contributed by atoms with Crippen molar-refractivity contribution in [2.75, 3.05) is 31.6 Å². The summed E-state index contributed by atoms with van der Waals surface area (Å²) in [5, 5.41) is 13.7. The number of likely N-dealkylation sites (tertiary alicyclic amines) is 1. The first-order valence-corrected chi connectivity index (χ1v) is 9.38. The van der Waals surface area contributed by atoms with Gasteiger partial charge in [-0.25, -0.2) is 0 Å². The Morgan fingerprint density at radius 3 is 2.82 bits per heavy atom. The number of ether oxygens (including phenoxy) is 2. The molecule has 0 spiro atoms. The van der Waals surface area contributed by atoms with Gasteiger partial charge >= 0.3 is 0 Å². The largest absolute Gasteiger partial charge is 0.486 e. The van der Waals surface area contributed by atoms with Crippen LogP contribution in [0.5, 0.6) is 11.5 Å². The van der Waals surface area contributed by atoms with Crippen molar-refractivity contribution in [1.82, 2.24) is 0 Å². The number of rotatable bonds is 5. The minimum atomic E-state index is -0.473. The van der Waals surface area contributed by atoms with E-state index in [1.807, 2.05) is 18.2 Å². The normalized spacial score (nSPS) is 20.6. The number of anilines is 1. The minimum absolute atomic E-state index is 0.0412. The van der Waals surface area contributed by atoms with Crippen LogP contribution in [0.3, 0.4) is 0 Å². The highest BCUT2D eigenvalue weighted by molar-refractivity contribution is 5.91. The van der Waals surface area contributed by atoms with E-state index in [1.54, 1.807) is 12.1 Å². The second-order valence-corrected chi connectivity index (χ2v) is 7.04. The van der Waals surface area contributed by atoms with Gasteiger partial charge in [0.05, 0.1) is 11.5 Å². The molecule has 0 aliphatic carbocycles. The van der Waals surface area contributed by atoms with Crippen molar-refractivity contribution in [1.29, 1.82) is 0 Å². The van der Waals surface area contributed by atoms with Gasteiger partial charge < -0.3 is 19.7 Å². The van der Waals surface area contributed by atoms with E-state index in [1.165, 1.54) is 17.0 Å². The molecule has 2 atom stereocenters. The van der Waals surface area contributed by atoms with Crippen LogP contribution >= 0.6 is 0 Å². The smallest absolute Gasteiger partial charge is 0.279 e. The number of nitro groups is 1. The van der Waals surface area contributed by atoms with Crippen LogP contribution in [-0.4, -0.2) is 37.1 Å². The number of carbonyl (C=O) groups is 1. The summed E-state index contributed by atoms with van der Waals surface area (Å²) in [6.45, 7) is 2.32. The van der Waals surface area contributed by atoms with Crippen LogP contribution < -0.4 is 19.7 Å². The van der Waals surface area contributed by atoms with Crippen molar-refractivity contribution in [3.63, 3.8) is 0 Å². The fraction of sp³-hybridized carbons (Fsp3) is 0.350. The molecular formula is C20H22N3O5+. The van der Waals surface area contributed by atoms with Crippen LogP contribution in [0.4, 0.5) is 11.4 Å². The molecule has 2 N–H and O–H groups in total. The summed E-state index contributed by atoms with van der Waals surface area (Å²) in [6.07, 6.45) is 2.04. The Hall–Kier alpha value is -3.13. The molecule has 8 heteroatoms. The Balaban J connectivity index is 1.43. The summed E-state index contributed by atoms with van der Waals surface area (Å²) in [4.78, 5) is 24.1. The monoisotopic (exact) mass is 384 g/mol. The lowest BCUT2D eigenvalue weighted by Gasteiger charge is -2.24. The van der Waals surface area contributed by atoms with E-state index in [9.17, 15) is 14.9 Å². The zero-order valence-corrected chi connectivity index (χ0v) is 15.3. The fourth-order valence-corrected chi connectivity index (χ4v) is 3.91. The van der Waals surface area contributed by atoms with Gasteiger partial charge in [0.1, 0.15) is 19.3 Å². The van der Waals surface area contributed by atoms with Crippen LogP contribution in [0, 0.1) is 10.1 Å². The number of hydrogen-bond donors (Lipinski definition) is 2. The summed E-state index contributed by atoms with van der Waals surface area (Å²) >= 11 is 0. The highest BCUT2D eigenvalue weighted by atomic mass is 16.6. The van der Waals surface area contributed by atoms with Gasteiger partial charge in [-0.1, -0.05) is 6.07 Å². The molecule has 0 saturated carbocycles. The van der Waals surface area contributed by atoms with Gasteiger partial charge in [-0.3, -0.25) is 14.9 Å². The molecule has 2 aromatic rings. The van der Waals surface area contributed by atoms with Crippen molar-refractivity contribution in [2.45, 2.75) is 18.9 Å². The molecule has 2 aromatic carbocycles. The first-order valence-electron chi connectivity index (χ1n) is 9.38. The molecule has 1 fully saturated rings. The maximum absolute atomic E-state index is 12.5. The number of fused-ring (bicyclic) bond motifs is 1. The van der Waals surface area contributed by atoms with Crippen molar-refractivity contribution in [3.8, 4) is 11.5 Å². The first kappa shape index (κ1) is 18.2.